The van der Waals surface area contributed by atoms with Crippen molar-refractivity contribution in [1.29, 1.82) is 0 Å². The summed E-state index contributed by atoms with van der Waals surface area (Å²) < 4.78 is 1.75. The Labute approximate surface area is 112 Å². The highest BCUT2D eigenvalue weighted by molar-refractivity contribution is 5.91. The van der Waals surface area contributed by atoms with Gasteiger partial charge in [0, 0.05) is 19.0 Å². The number of aromatic nitrogens is 2. The summed E-state index contributed by atoms with van der Waals surface area (Å²) in [5.74, 6) is 1.38. The van der Waals surface area contributed by atoms with E-state index in [0.717, 1.165) is 17.1 Å². The Morgan fingerprint density at radius 1 is 1.37 bits per heavy atom. The smallest absolute Gasteiger partial charge is 0.229 e. The summed E-state index contributed by atoms with van der Waals surface area (Å²) in [6.45, 7) is 0. The average molecular weight is 255 g/mol. The molecule has 1 aliphatic rings. The number of aryl methyl sites for hydroxylation is 1. The van der Waals surface area contributed by atoms with Crippen molar-refractivity contribution in [1.82, 2.24) is 9.78 Å². The van der Waals surface area contributed by atoms with E-state index in [1.165, 1.54) is 12.8 Å². The lowest BCUT2D eigenvalue weighted by atomic mass is 10.1. The Hall–Kier alpha value is -2.10. The highest BCUT2D eigenvalue weighted by atomic mass is 16.1. The van der Waals surface area contributed by atoms with Crippen LogP contribution in [0.2, 0.25) is 0 Å². The van der Waals surface area contributed by atoms with Crippen LogP contribution in [0.3, 0.4) is 0 Å². The van der Waals surface area contributed by atoms with Gasteiger partial charge in [-0.05, 0) is 18.4 Å². The minimum absolute atomic E-state index is 0.00320. The fourth-order valence-corrected chi connectivity index (χ4v) is 2.15. The van der Waals surface area contributed by atoms with Gasteiger partial charge in [0.15, 0.2) is 0 Å². The van der Waals surface area contributed by atoms with E-state index in [0.29, 0.717) is 12.3 Å². The van der Waals surface area contributed by atoms with Gasteiger partial charge >= 0.3 is 0 Å². The zero-order chi connectivity index (χ0) is 13.2. The molecule has 1 aromatic carbocycles. The highest BCUT2D eigenvalue weighted by Crippen LogP contribution is 2.39. The Balaban J connectivity index is 1.66. The number of benzene rings is 1. The maximum absolute atomic E-state index is 12.0. The lowest BCUT2D eigenvalue weighted by molar-refractivity contribution is -0.115. The minimum atomic E-state index is -0.00320. The van der Waals surface area contributed by atoms with E-state index >= 15 is 0 Å². The zero-order valence-corrected chi connectivity index (χ0v) is 11.0. The predicted octanol–water partition coefficient (Wildman–Crippen LogP) is 2.48. The van der Waals surface area contributed by atoms with E-state index in [-0.39, 0.29) is 5.91 Å². The molecule has 0 saturated heterocycles. The van der Waals surface area contributed by atoms with Gasteiger partial charge in [-0.1, -0.05) is 30.3 Å². The van der Waals surface area contributed by atoms with Crippen LogP contribution >= 0.6 is 0 Å². The first-order chi connectivity index (χ1) is 9.22. The number of amides is 1. The van der Waals surface area contributed by atoms with Crippen LogP contribution < -0.4 is 5.32 Å². The predicted molar refractivity (Wildman–Crippen MR) is 74.0 cm³/mol. The van der Waals surface area contributed by atoms with Crippen LogP contribution in [0.5, 0.6) is 0 Å². The van der Waals surface area contributed by atoms with Gasteiger partial charge in [-0.2, -0.15) is 5.10 Å². The summed E-state index contributed by atoms with van der Waals surface area (Å²) in [6, 6.07) is 11.7. The largest absolute Gasteiger partial charge is 0.311 e. The summed E-state index contributed by atoms with van der Waals surface area (Å²) in [6.07, 6.45) is 2.83. The number of hydrogen-bond donors (Lipinski definition) is 1. The third kappa shape index (κ3) is 2.84. The Morgan fingerprint density at radius 3 is 2.79 bits per heavy atom. The number of carbonyl (C=O) groups is 1. The molecule has 4 heteroatoms. The summed E-state index contributed by atoms with van der Waals surface area (Å²) in [5, 5.41) is 7.36. The molecular formula is C15H17N3O. The van der Waals surface area contributed by atoms with E-state index < -0.39 is 0 Å². The van der Waals surface area contributed by atoms with Crippen molar-refractivity contribution in [3.05, 3.63) is 47.7 Å². The molecule has 98 valence electrons. The van der Waals surface area contributed by atoms with E-state index in [9.17, 15) is 4.79 Å². The molecule has 1 N–H and O–H groups in total. The highest BCUT2D eigenvalue weighted by Gasteiger charge is 2.27. The minimum Gasteiger partial charge on any atom is -0.311 e. The second-order valence-electron chi connectivity index (χ2n) is 5.06. The molecule has 1 heterocycles. The average Bonchev–Trinajstić information content (AvgIpc) is 3.17. The molecule has 0 radical (unpaired) electrons. The van der Waals surface area contributed by atoms with Gasteiger partial charge in [0.1, 0.15) is 5.82 Å². The monoisotopic (exact) mass is 255 g/mol. The number of anilines is 1. The van der Waals surface area contributed by atoms with Gasteiger partial charge in [0.2, 0.25) is 5.91 Å². The summed E-state index contributed by atoms with van der Waals surface area (Å²) in [5.41, 5.74) is 2.11. The first-order valence-electron chi connectivity index (χ1n) is 6.60. The van der Waals surface area contributed by atoms with Gasteiger partial charge in [-0.25, -0.2) is 0 Å². The number of nitrogens with zero attached hydrogens (tertiary/aromatic N) is 2. The van der Waals surface area contributed by atoms with Crippen molar-refractivity contribution in [3.63, 3.8) is 0 Å². The van der Waals surface area contributed by atoms with Crippen molar-refractivity contribution in [3.8, 4) is 0 Å². The Bertz CT molecular complexity index is 585. The van der Waals surface area contributed by atoms with Crippen LogP contribution in [0.25, 0.3) is 0 Å². The molecule has 1 aromatic heterocycles. The lowest BCUT2D eigenvalue weighted by Gasteiger charge is -2.04. The first kappa shape index (κ1) is 12.0. The molecule has 4 nitrogen and oxygen atoms in total. The SMILES string of the molecule is Cn1nc(C2CC2)cc1NC(=O)Cc1ccccc1. The molecule has 1 aliphatic carbocycles. The maximum atomic E-state index is 12.0. The number of rotatable bonds is 4. The van der Waals surface area contributed by atoms with Crippen LogP contribution in [0.4, 0.5) is 5.82 Å². The Morgan fingerprint density at radius 2 is 2.11 bits per heavy atom. The number of nitrogens with one attached hydrogen (secondary N) is 1. The van der Waals surface area contributed by atoms with Gasteiger partial charge in [0.25, 0.3) is 0 Å². The summed E-state index contributed by atoms with van der Waals surface area (Å²) in [7, 11) is 1.87. The molecule has 1 amide bonds. The Kier molecular flexibility index (Phi) is 3.07. The molecule has 19 heavy (non-hydrogen) atoms. The molecule has 0 aliphatic heterocycles. The lowest BCUT2D eigenvalue weighted by Crippen LogP contribution is -2.16. The number of hydrogen-bond acceptors (Lipinski definition) is 2. The van der Waals surface area contributed by atoms with Crippen molar-refractivity contribution in [2.75, 3.05) is 5.32 Å². The summed E-state index contributed by atoms with van der Waals surface area (Å²) >= 11 is 0. The van der Waals surface area contributed by atoms with E-state index in [2.05, 4.69) is 10.4 Å². The van der Waals surface area contributed by atoms with E-state index in [1.54, 1.807) is 4.68 Å². The molecule has 0 spiro atoms. The standard InChI is InChI=1S/C15H17N3O/c1-18-14(10-13(17-18)12-7-8-12)16-15(19)9-11-5-3-2-4-6-11/h2-6,10,12H,7-9H2,1H3,(H,16,19). The molecular weight excluding hydrogens is 238 g/mol. The quantitative estimate of drug-likeness (QED) is 0.912. The van der Waals surface area contributed by atoms with Crippen LogP contribution in [0, 0.1) is 0 Å². The van der Waals surface area contributed by atoms with Gasteiger partial charge in [-0.15, -0.1) is 0 Å². The van der Waals surface area contributed by atoms with Crippen molar-refractivity contribution in [2.24, 2.45) is 7.05 Å². The van der Waals surface area contributed by atoms with Crippen molar-refractivity contribution >= 4 is 11.7 Å². The molecule has 1 fully saturated rings. The van der Waals surface area contributed by atoms with Crippen molar-refractivity contribution in [2.45, 2.75) is 25.2 Å². The zero-order valence-electron chi connectivity index (χ0n) is 11.0. The second-order valence-corrected chi connectivity index (χ2v) is 5.06. The molecule has 3 rings (SSSR count). The van der Waals surface area contributed by atoms with E-state index in [1.807, 2.05) is 43.4 Å². The molecule has 0 unspecified atom stereocenters. The first-order valence-corrected chi connectivity index (χ1v) is 6.60. The normalized spacial score (nSPS) is 14.4. The van der Waals surface area contributed by atoms with Gasteiger partial charge < -0.3 is 5.32 Å². The van der Waals surface area contributed by atoms with Crippen LogP contribution in [0.15, 0.2) is 36.4 Å². The fourth-order valence-electron chi connectivity index (χ4n) is 2.15. The molecule has 0 bridgehead atoms. The topological polar surface area (TPSA) is 46.9 Å². The van der Waals surface area contributed by atoms with Crippen LogP contribution in [0.1, 0.15) is 30.0 Å². The third-order valence-electron chi connectivity index (χ3n) is 3.37. The van der Waals surface area contributed by atoms with Gasteiger partial charge in [-0.3, -0.25) is 9.48 Å². The third-order valence-corrected chi connectivity index (χ3v) is 3.37. The molecule has 2 aromatic rings. The maximum Gasteiger partial charge on any atom is 0.229 e. The van der Waals surface area contributed by atoms with Crippen LogP contribution in [-0.4, -0.2) is 15.7 Å². The van der Waals surface area contributed by atoms with E-state index in [4.69, 9.17) is 0 Å². The fraction of sp³-hybridized carbons (Fsp3) is 0.333. The summed E-state index contributed by atoms with van der Waals surface area (Å²) in [4.78, 5) is 12.0. The molecule has 1 saturated carbocycles. The molecule has 0 atom stereocenters. The van der Waals surface area contributed by atoms with Crippen LogP contribution in [-0.2, 0) is 18.3 Å². The second kappa shape index (κ2) is 4.88. The van der Waals surface area contributed by atoms with Crippen molar-refractivity contribution < 1.29 is 4.79 Å². The van der Waals surface area contributed by atoms with Gasteiger partial charge in [0.05, 0.1) is 12.1 Å². The number of carbonyl (C=O) groups excluding carboxylic acids is 1.